The summed E-state index contributed by atoms with van der Waals surface area (Å²) < 4.78 is 10.6. The number of fused-ring (bicyclic) bond motifs is 1. The lowest BCUT2D eigenvalue weighted by atomic mass is 10.0. The van der Waals surface area contributed by atoms with Gasteiger partial charge < -0.3 is 9.15 Å². The minimum absolute atomic E-state index is 0.151. The molecule has 5 heteroatoms. The number of methoxy groups -OCH3 is 1. The first kappa shape index (κ1) is 14.0. The first-order valence-corrected chi connectivity index (χ1v) is 6.19. The summed E-state index contributed by atoms with van der Waals surface area (Å²) in [5.41, 5.74) is -0.516. The molecule has 0 fully saturated rings. The van der Waals surface area contributed by atoms with Crippen molar-refractivity contribution in [2.45, 2.75) is 20.3 Å². The number of ether oxygens (including phenoxy) is 1. The molecule has 0 aliphatic heterocycles. The van der Waals surface area contributed by atoms with Crippen LogP contribution in [0.4, 0.5) is 0 Å². The molecule has 2 aromatic rings. The highest BCUT2D eigenvalue weighted by Gasteiger charge is 2.23. The largest absolute Gasteiger partial charge is 0.496 e. The van der Waals surface area contributed by atoms with Gasteiger partial charge in [0.2, 0.25) is 5.43 Å². The Hall–Kier alpha value is -2.43. The fourth-order valence-electron chi connectivity index (χ4n) is 2.06. The number of hydrogen-bond donors (Lipinski definition) is 0. The van der Waals surface area contributed by atoms with Crippen molar-refractivity contribution < 1.29 is 18.7 Å². The topological polar surface area (TPSA) is 73.6 Å². The SMILES string of the molecule is CCC(=O)c1oc2cccc(OC)c2c(=O)c1C(C)=O. The van der Waals surface area contributed by atoms with E-state index in [9.17, 15) is 14.4 Å². The lowest BCUT2D eigenvalue weighted by Gasteiger charge is -2.08. The van der Waals surface area contributed by atoms with Gasteiger partial charge in [-0.25, -0.2) is 0 Å². The smallest absolute Gasteiger partial charge is 0.208 e. The van der Waals surface area contributed by atoms with Crippen molar-refractivity contribution >= 4 is 22.5 Å². The molecule has 0 aliphatic carbocycles. The summed E-state index contributed by atoms with van der Waals surface area (Å²) in [6.45, 7) is 2.88. The average molecular weight is 274 g/mol. The normalized spacial score (nSPS) is 10.6. The van der Waals surface area contributed by atoms with Crippen molar-refractivity contribution in [1.82, 2.24) is 0 Å². The molecule has 0 radical (unpaired) electrons. The molecular weight excluding hydrogens is 260 g/mol. The maximum Gasteiger partial charge on any atom is 0.208 e. The summed E-state index contributed by atoms with van der Waals surface area (Å²) in [4.78, 5) is 36.0. The maximum absolute atomic E-state index is 12.5. The van der Waals surface area contributed by atoms with Gasteiger partial charge in [-0.2, -0.15) is 0 Å². The second-order valence-electron chi connectivity index (χ2n) is 4.30. The Morgan fingerprint density at radius 2 is 2.00 bits per heavy atom. The first-order valence-electron chi connectivity index (χ1n) is 6.19. The minimum Gasteiger partial charge on any atom is -0.496 e. The molecule has 0 amide bonds. The van der Waals surface area contributed by atoms with E-state index in [1.165, 1.54) is 14.0 Å². The van der Waals surface area contributed by atoms with Crippen LogP contribution in [-0.4, -0.2) is 18.7 Å². The highest BCUT2D eigenvalue weighted by atomic mass is 16.5. The van der Waals surface area contributed by atoms with Crippen LogP contribution in [0.25, 0.3) is 11.0 Å². The zero-order valence-electron chi connectivity index (χ0n) is 11.5. The van der Waals surface area contributed by atoms with Crippen molar-refractivity contribution in [3.8, 4) is 5.75 Å². The van der Waals surface area contributed by atoms with Gasteiger partial charge in [-0.15, -0.1) is 0 Å². The summed E-state index contributed by atoms with van der Waals surface area (Å²) in [5.74, 6) is -0.736. The molecule has 0 saturated heterocycles. The lowest BCUT2D eigenvalue weighted by molar-refractivity contribution is 0.0940. The molecule has 1 aromatic carbocycles. The van der Waals surface area contributed by atoms with Gasteiger partial charge in [0.15, 0.2) is 17.3 Å². The quantitative estimate of drug-likeness (QED) is 0.801. The van der Waals surface area contributed by atoms with E-state index in [4.69, 9.17) is 9.15 Å². The Bertz CT molecular complexity index is 755. The van der Waals surface area contributed by atoms with Crippen LogP contribution in [0.1, 0.15) is 41.2 Å². The van der Waals surface area contributed by atoms with Gasteiger partial charge in [-0.3, -0.25) is 14.4 Å². The molecule has 0 atom stereocenters. The monoisotopic (exact) mass is 274 g/mol. The summed E-state index contributed by atoms with van der Waals surface area (Å²) in [7, 11) is 1.42. The van der Waals surface area contributed by atoms with Crippen LogP contribution < -0.4 is 10.2 Å². The second kappa shape index (κ2) is 5.28. The van der Waals surface area contributed by atoms with E-state index in [2.05, 4.69) is 0 Å². The zero-order valence-corrected chi connectivity index (χ0v) is 11.5. The van der Waals surface area contributed by atoms with Crippen LogP contribution in [0.2, 0.25) is 0 Å². The summed E-state index contributed by atoms with van der Waals surface area (Å²) in [6, 6.07) is 4.82. The van der Waals surface area contributed by atoms with Crippen molar-refractivity contribution in [1.29, 1.82) is 0 Å². The van der Waals surface area contributed by atoms with Crippen LogP contribution >= 0.6 is 0 Å². The van der Waals surface area contributed by atoms with Gasteiger partial charge in [0, 0.05) is 6.42 Å². The molecule has 0 spiro atoms. The van der Waals surface area contributed by atoms with Crippen LogP contribution in [0.3, 0.4) is 0 Å². The van der Waals surface area contributed by atoms with Gasteiger partial charge in [-0.05, 0) is 19.1 Å². The van der Waals surface area contributed by atoms with Gasteiger partial charge in [0.25, 0.3) is 0 Å². The lowest BCUT2D eigenvalue weighted by Crippen LogP contribution is -2.19. The molecule has 1 aromatic heterocycles. The Labute approximate surface area is 115 Å². The molecule has 0 N–H and O–H groups in total. The van der Waals surface area contributed by atoms with E-state index in [1.807, 2.05) is 0 Å². The van der Waals surface area contributed by atoms with Crippen molar-refractivity contribution in [3.63, 3.8) is 0 Å². The van der Waals surface area contributed by atoms with E-state index < -0.39 is 11.2 Å². The van der Waals surface area contributed by atoms with Crippen molar-refractivity contribution in [2.75, 3.05) is 7.11 Å². The van der Waals surface area contributed by atoms with E-state index >= 15 is 0 Å². The molecule has 1 heterocycles. The molecular formula is C15H14O5. The van der Waals surface area contributed by atoms with Crippen LogP contribution in [0.15, 0.2) is 27.4 Å². The average Bonchev–Trinajstić information content (AvgIpc) is 2.44. The number of carbonyl (C=O) groups is 2. The third-order valence-corrected chi connectivity index (χ3v) is 3.03. The summed E-state index contributed by atoms with van der Waals surface area (Å²) in [6.07, 6.45) is 0.151. The Morgan fingerprint density at radius 1 is 1.30 bits per heavy atom. The van der Waals surface area contributed by atoms with E-state index in [0.29, 0.717) is 5.75 Å². The van der Waals surface area contributed by atoms with Crippen molar-refractivity contribution in [2.24, 2.45) is 0 Å². The number of hydrogen-bond acceptors (Lipinski definition) is 5. The molecule has 0 saturated carbocycles. The number of Topliss-reactive ketones (excluding diaryl/α,β-unsaturated/α-hetero) is 2. The Balaban J connectivity index is 2.97. The highest BCUT2D eigenvalue weighted by Crippen LogP contribution is 2.25. The van der Waals surface area contributed by atoms with E-state index in [-0.39, 0.29) is 34.5 Å². The third-order valence-electron chi connectivity index (χ3n) is 3.03. The van der Waals surface area contributed by atoms with Crippen LogP contribution in [0.5, 0.6) is 5.75 Å². The zero-order chi connectivity index (χ0) is 14.9. The van der Waals surface area contributed by atoms with Crippen LogP contribution in [-0.2, 0) is 0 Å². The maximum atomic E-state index is 12.5. The van der Waals surface area contributed by atoms with E-state index in [1.54, 1.807) is 25.1 Å². The van der Waals surface area contributed by atoms with Gasteiger partial charge >= 0.3 is 0 Å². The standard InChI is InChI=1S/C15H14O5/c1-4-9(17)15-12(8(2)16)14(18)13-10(19-3)6-5-7-11(13)20-15/h5-7H,4H2,1-3H3. The van der Waals surface area contributed by atoms with Gasteiger partial charge in [0.05, 0.1) is 7.11 Å². The molecule has 0 aliphatic rings. The Kier molecular flexibility index (Phi) is 3.70. The molecule has 5 nitrogen and oxygen atoms in total. The fraction of sp³-hybridized carbons (Fsp3) is 0.267. The van der Waals surface area contributed by atoms with Crippen LogP contribution in [0, 0.1) is 0 Å². The van der Waals surface area contributed by atoms with Gasteiger partial charge in [-0.1, -0.05) is 13.0 Å². The summed E-state index contributed by atoms with van der Waals surface area (Å²) in [5, 5.41) is 0.174. The predicted octanol–water partition coefficient (Wildman–Crippen LogP) is 2.60. The second-order valence-corrected chi connectivity index (χ2v) is 4.30. The molecule has 0 unspecified atom stereocenters. The van der Waals surface area contributed by atoms with Crippen molar-refractivity contribution in [3.05, 3.63) is 39.7 Å². The first-order chi connectivity index (χ1) is 9.51. The number of benzene rings is 1. The number of ketones is 2. The Morgan fingerprint density at radius 3 is 2.55 bits per heavy atom. The highest BCUT2D eigenvalue weighted by molar-refractivity contribution is 6.08. The third kappa shape index (κ3) is 2.11. The summed E-state index contributed by atoms with van der Waals surface area (Å²) >= 11 is 0. The number of rotatable bonds is 4. The van der Waals surface area contributed by atoms with E-state index in [0.717, 1.165) is 0 Å². The molecule has 2 rings (SSSR count). The molecule has 104 valence electrons. The number of carbonyl (C=O) groups excluding carboxylic acids is 2. The fourth-order valence-corrected chi connectivity index (χ4v) is 2.06. The van der Waals surface area contributed by atoms with Gasteiger partial charge in [0.1, 0.15) is 22.3 Å². The minimum atomic E-state index is -0.534. The predicted molar refractivity (Wildman–Crippen MR) is 73.7 cm³/mol. The molecule has 20 heavy (non-hydrogen) atoms. The molecule has 0 bridgehead atoms.